The highest BCUT2D eigenvalue weighted by atomic mass is 32.1. The minimum absolute atomic E-state index is 0.0741. The predicted molar refractivity (Wildman–Crippen MR) is 123 cm³/mol. The molecular formula is C25H28N2O2S. The number of amides is 2. The second kappa shape index (κ2) is 10.2. The molecule has 0 aliphatic heterocycles. The topological polar surface area (TPSA) is 58.2 Å². The average molecular weight is 421 g/mol. The van der Waals surface area contributed by atoms with E-state index >= 15 is 0 Å². The lowest BCUT2D eigenvalue weighted by Crippen LogP contribution is -2.29. The van der Waals surface area contributed by atoms with Gasteiger partial charge < -0.3 is 10.6 Å². The normalized spacial score (nSPS) is 12.8. The predicted octanol–water partition coefficient (Wildman–Crippen LogP) is 5.42. The molecule has 0 aliphatic carbocycles. The third kappa shape index (κ3) is 5.57. The van der Waals surface area contributed by atoms with E-state index < -0.39 is 0 Å². The van der Waals surface area contributed by atoms with Crippen molar-refractivity contribution in [3.05, 3.63) is 93.2 Å². The molecule has 2 aromatic carbocycles. The van der Waals surface area contributed by atoms with Gasteiger partial charge in [0.1, 0.15) is 0 Å². The Labute approximate surface area is 182 Å². The van der Waals surface area contributed by atoms with Crippen LogP contribution in [0.1, 0.15) is 71.1 Å². The highest BCUT2D eigenvalue weighted by Gasteiger charge is 2.19. The summed E-state index contributed by atoms with van der Waals surface area (Å²) >= 11 is 1.63. The Bertz CT molecular complexity index is 963. The Hall–Kier alpha value is -2.92. The molecule has 0 fully saturated rings. The summed E-state index contributed by atoms with van der Waals surface area (Å²) in [6, 6.07) is 19.7. The van der Waals surface area contributed by atoms with Gasteiger partial charge in [0.15, 0.2) is 0 Å². The molecule has 0 aliphatic rings. The van der Waals surface area contributed by atoms with Crippen LogP contribution in [0.3, 0.4) is 0 Å². The van der Waals surface area contributed by atoms with Gasteiger partial charge in [0.25, 0.3) is 5.91 Å². The van der Waals surface area contributed by atoms with Gasteiger partial charge >= 0.3 is 0 Å². The standard InChI is InChI=1S/C25H28N2O2S/c1-4-17(2)20-11-13-21(14-12-20)24(23-6-5-15-30-23)27-25(29)22-9-7-19(8-10-22)16-26-18(3)28/h5-15,17,24H,4,16H2,1-3H3,(H,26,28)(H,27,29). The molecule has 0 spiro atoms. The van der Waals surface area contributed by atoms with Crippen LogP contribution in [0.5, 0.6) is 0 Å². The van der Waals surface area contributed by atoms with Gasteiger partial charge in [-0.05, 0) is 52.6 Å². The lowest BCUT2D eigenvalue weighted by Gasteiger charge is -2.19. The Morgan fingerprint density at radius 2 is 1.63 bits per heavy atom. The summed E-state index contributed by atoms with van der Waals surface area (Å²) < 4.78 is 0. The third-order valence-electron chi connectivity index (χ3n) is 5.31. The quantitative estimate of drug-likeness (QED) is 0.511. The number of carbonyl (C=O) groups is 2. The SMILES string of the molecule is CCC(C)c1ccc(C(NC(=O)c2ccc(CNC(C)=O)cc2)c2cccs2)cc1. The molecule has 3 rings (SSSR count). The van der Waals surface area contributed by atoms with E-state index in [0.717, 1.165) is 22.4 Å². The van der Waals surface area contributed by atoms with Gasteiger partial charge in [-0.2, -0.15) is 0 Å². The number of thiophene rings is 1. The Morgan fingerprint density at radius 3 is 2.20 bits per heavy atom. The van der Waals surface area contributed by atoms with Crippen molar-refractivity contribution in [2.75, 3.05) is 0 Å². The number of benzene rings is 2. The van der Waals surface area contributed by atoms with Gasteiger partial charge in [0.05, 0.1) is 6.04 Å². The number of hydrogen-bond donors (Lipinski definition) is 2. The van der Waals surface area contributed by atoms with Gasteiger partial charge in [-0.3, -0.25) is 9.59 Å². The first-order valence-electron chi connectivity index (χ1n) is 10.3. The van der Waals surface area contributed by atoms with E-state index in [1.807, 2.05) is 23.6 Å². The maximum absolute atomic E-state index is 12.9. The summed E-state index contributed by atoms with van der Waals surface area (Å²) in [6.07, 6.45) is 1.10. The van der Waals surface area contributed by atoms with Crippen LogP contribution in [-0.2, 0) is 11.3 Å². The Kier molecular flexibility index (Phi) is 7.41. The zero-order valence-corrected chi connectivity index (χ0v) is 18.5. The van der Waals surface area contributed by atoms with Crippen LogP contribution < -0.4 is 10.6 Å². The number of nitrogens with one attached hydrogen (secondary N) is 2. The molecule has 0 saturated heterocycles. The first-order valence-corrected chi connectivity index (χ1v) is 11.1. The molecule has 2 amide bonds. The fourth-order valence-corrected chi connectivity index (χ4v) is 4.04. The number of hydrogen-bond acceptors (Lipinski definition) is 3. The largest absolute Gasteiger partial charge is 0.352 e. The summed E-state index contributed by atoms with van der Waals surface area (Å²) in [7, 11) is 0. The van der Waals surface area contributed by atoms with Crippen molar-refractivity contribution in [3.8, 4) is 0 Å². The van der Waals surface area contributed by atoms with E-state index in [4.69, 9.17) is 0 Å². The van der Waals surface area contributed by atoms with Crippen molar-refractivity contribution >= 4 is 23.2 Å². The van der Waals surface area contributed by atoms with Gasteiger partial charge in [-0.25, -0.2) is 0 Å². The molecule has 2 unspecified atom stereocenters. The maximum Gasteiger partial charge on any atom is 0.252 e. The molecule has 2 N–H and O–H groups in total. The second-order valence-electron chi connectivity index (χ2n) is 7.50. The summed E-state index contributed by atoms with van der Waals surface area (Å²) in [5.41, 5.74) is 3.93. The summed E-state index contributed by atoms with van der Waals surface area (Å²) in [5.74, 6) is 0.324. The maximum atomic E-state index is 12.9. The van der Waals surface area contributed by atoms with Crippen LogP contribution in [0.25, 0.3) is 0 Å². The fraction of sp³-hybridized carbons (Fsp3) is 0.280. The summed E-state index contributed by atoms with van der Waals surface area (Å²) in [6.45, 7) is 6.36. The van der Waals surface area contributed by atoms with E-state index in [0.29, 0.717) is 18.0 Å². The molecule has 4 nitrogen and oxygen atoms in total. The van der Waals surface area contributed by atoms with Crippen molar-refractivity contribution < 1.29 is 9.59 Å². The summed E-state index contributed by atoms with van der Waals surface area (Å²) in [4.78, 5) is 25.1. The van der Waals surface area contributed by atoms with E-state index in [1.54, 1.807) is 23.5 Å². The van der Waals surface area contributed by atoms with Crippen molar-refractivity contribution in [1.82, 2.24) is 10.6 Å². The van der Waals surface area contributed by atoms with Gasteiger partial charge in [0, 0.05) is 23.9 Å². The van der Waals surface area contributed by atoms with Gasteiger partial charge in [-0.15, -0.1) is 11.3 Å². The molecule has 30 heavy (non-hydrogen) atoms. The Morgan fingerprint density at radius 1 is 0.967 bits per heavy atom. The zero-order valence-electron chi connectivity index (χ0n) is 17.6. The highest BCUT2D eigenvalue weighted by Crippen LogP contribution is 2.28. The van der Waals surface area contributed by atoms with Crippen LogP contribution in [0.2, 0.25) is 0 Å². The van der Waals surface area contributed by atoms with Crippen LogP contribution in [0.4, 0.5) is 0 Å². The first kappa shape index (κ1) is 21.8. The van der Waals surface area contributed by atoms with Crippen molar-refractivity contribution in [1.29, 1.82) is 0 Å². The smallest absolute Gasteiger partial charge is 0.252 e. The van der Waals surface area contributed by atoms with E-state index in [2.05, 4.69) is 54.8 Å². The van der Waals surface area contributed by atoms with Crippen molar-refractivity contribution in [2.45, 2.75) is 45.7 Å². The molecule has 1 heterocycles. The van der Waals surface area contributed by atoms with Gasteiger partial charge in [0.2, 0.25) is 5.91 Å². The number of rotatable bonds is 8. The van der Waals surface area contributed by atoms with E-state index in [1.165, 1.54) is 12.5 Å². The minimum atomic E-state index is -0.192. The van der Waals surface area contributed by atoms with Crippen LogP contribution in [0, 0.1) is 0 Å². The Balaban J connectivity index is 1.77. The van der Waals surface area contributed by atoms with E-state index in [-0.39, 0.29) is 17.9 Å². The fourth-order valence-electron chi connectivity index (χ4n) is 3.24. The van der Waals surface area contributed by atoms with Gasteiger partial charge in [-0.1, -0.05) is 56.3 Å². The number of carbonyl (C=O) groups excluding carboxylic acids is 2. The third-order valence-corrected chi connectivity index (χ3v) is 6.25. The molecule has 3 aromatic rings. The van der Waals surface area contributed by atoms with Crippen molar-refractivity contribution in [3.63, 3.8) is 0 Å². The first-order chi connectivity index (χ1) is 14.5. The lowest BCUT2D eigenvalue weighted by molar-refractivity contribution is -0.119. The minimum Gasteiger partial charge on any atom is -0.352 e. The molecule has 5 heteroatoms. The molecule has 0 saturated carbocycles. The summed E-state index contributed by atoms with van der Waals surface area (Å²) in [5, 5.41) is 7.97. The van der Waals surface area contributed by atoms with Crippen molar-refractivity contribution in [2.24, 2.45) is 0 Å². The molecule has 1 aromatic heterocycles. The second-order valence-corrected chi connectivity index (χ2v) is 8.48. The van der Waals surface area contributed by atoms with Crippen LogP contribution >= 0.6 is 11.3 Å². The zero-order chi connectivity index (χ0) is 21.5. The van der Waals surface area contributed by atoms with E-state index in [9.17, 15) is 9.59 Å². The molecule has 156 valence electrons. The highest BCUT2D eigenvalue weighted by molar-refractivity contribution is 7.10. The molecule has 0 radical (unpaired) electrons. The lowest BCUT2D eigenvalue weighted by atomic mass is 9.95. The average Bonchev–Trinajstić information content (AvgIpc) is 3.30. The molecular weight excluding hydrogens is 392 g/mol. The van der Waals surface area contributed by atoms with Crippen LogP contribution in [-0.4, -0.2) is 11.8 Å². The monoisotopic (exact) mass is 420 g/mol. The van der Waals surface area contributed by atoms with Crippen LogP contribution in [0.15, 0.2) is 66.0 Å². The molecule has 2 atom stereocenters. The molecule has 0 bridgehead atoms.